The molecule has 0 aliphatic carbocycles. The average molecular weight is 365 g/mol. The minimum absolute atomic E-state index is 0.0171. The van der Waals surface area contributed by atoms with Crippen LogP contribution in [0.3, 0.4) is 0 Å². The highest BCUT2D eigenvalue weighted by molar-refractivity contribution is 7.92. The molecule has 0 saturated carbocycles. The molecule has 0 bridgehead atoms. The Hall–Kier alpha value is -1.86. The van der Waals surface area contributed by atoms with Crippen LogP contribution in [0.15, 0.2) is 46.0 Å². The molecule has 1 aliphatic heterocycles. The van der Waals surface area contributed by atoms with Crippen molar-refractivity contribution < 1.29 is 17.9 Å². The number of thiophene rings is 1. The lowest BCUT2D eigenvalue weighted by molar-refractivity contribution is 0.0726. The summed E-state index contributed by atoms with van der Waals surface area (Å²) in [5.41, 5.74) is 0.677. The van der Waals surface area contributed by atoms with Gasteiger partial charge in [0.25, 0.3) is 5.91 Å². The van der Waals surface area contributed by atoms with Gasteiger partial charge in [-0.2, -0.15) is 11.3 Å². The number of likely N-dealkylation sites (tertiary alicyclic amines) is 1. The number of amides is 1. The molecule has 1 fully saturated rings. The molecule has 2 heterocycles. The number of sulfone groups is 1. The Kier molecular flexibility index (Phi) is 4.91. The first-order chi connectivity index (χ1) is 11.5. The van der Waals surface area contributed by atoms with Crippen molar-refractivity contribution in [2.24, 2.45) is 0 Å². The number of ether oxygens (including phenoxy) is 1. The second-order valence-electron chi connectivity index (χ2n) is 5.72. The monoisotopic (exact) mass is 365 g/mol. The largest absolute Gasteiger partial charge is 0.497 e. The van der Waals surface area contributed by atoms with Crippen LogP contribution in [0.5, 0.6) is 5.75 Å². The van der Waals surface area contributed by atoms with Gasteiger partial charge in [-0.15, -0.1) is 0 Å². The van der Waals surface area contributed by atoms with E-state index in [9.17, 15) is 13.2 Å². The quantitative estimate of drug-likeness (QED) is 0.836. The molecule has 5 nitrogen and oxygen atoms in total. The average Bonchev–Trinajstić information content (AvgIpc) is 3.16. The molecule has 1 amide bonds. The van der Waals surface area contributed by atoms with E-state index in [1.807, 2.05) is 10.8 Å². The van der Waals surface area contributed by atoms with E-state index in [4.69, 9.17) is 4.74 Å². The van der Waals surface area contributed by atoms with Crippen molar-refractivity contribution in [3.63, 3.8) is 0 Å². The summed E-state index contributed by atoms with van der Waals surface area (Å²) in [6.45, 7) is 0.934. The third-order valence-corrected chi connectivity index (χ3v) is 7.29. The Balaban J connectivity index is 1.68. The first kappa shape index (κ1) is 17.0. The second kappa shape index (κ2) is 6.94. The highest BCUT2D eigenvalue weighted by Gasteiger charge is 2.33. The van der Waals surface area contributed by atoms with E-state index in [2.05, 4.69) is 0 Å². The molecule has 0 N–H and O–H groups in total. The summed E-state index contributed by atoms with van der Waals surface area (Å²) in [6, 6.07) is 8.27. The predicted octanol–water partition coefficient (Wildman–Crippen LogP) is 2.84. The summed E-state index contributed by atoms with van der Waals surface area (Å²) in [7, 11) is -1.84. The van der Waals surface area contributed by atoms with Gasteiger partial charge in [0, 0.05) is 18.5 Å². The Morgan fingerprint density at radius 2 is 1.83 bits per heavy atom. The van der Waals surface area contributed by atoms with Crippen LogP contribution in [0.1, 0.15) is 23.2 Å². The van der Waals surface area contributed by atoms with Crippen LogP contribution >= 0.6 is 11.3 Å². The van der Waals surface area contributed by atoms with Crippen molar-refractivity contribution in [2.45, 2.75) is 23.0 Å². The number of hydrogen-bond acceptors (Lipinski definition) is 5. The van der Waals surface area contributed by atoms with Gasteiger partial charge in [0.2, 0.25) is 0 Å². The maximum absolute atomic E-state index is 12.7. The first-order valence-electron chi connectivity index (χ1n) is 7.72. The zero-order valence-electron chi connectivity index (χ0n) is 13.3. The molecule has 3 rings (SSSR count). The van der Waals surface area contributed by atoms with Gasteiger partial charge < -0.3 is 9.64 Å². The molecular weight excluding hydrogens is 346 g/mol. The van der Waals surface area contributed by atoms with E-state index in [-0.39, 0.29) is 5.91 Å². The molecule has 1 aliphatic rings. The summed E-state index contributed by atoms with van der Waals surface area (Å²) < 4.78 is 30.6. The van der Waals surface area contributed by atoms with Gasteiger partial charge in [0.15, 0.2) is 9.84 Å². The molecule has 1 aromatic heterocycles. The van der Waals surface area contributed by atoms with Crippen LogP contribution in [0, 0.1) is 0 Å². The third-order valence-electron chi connectivity index (χ3n) is 4.32. The highest BCUT2D eigenvalue weighted by Crippen LogP contribution is 2.26. The fourth-order valence-electron chi connectivity index (χ4n) is 2.90. The zero-order chi connectivity index (χ0) is 17.2. The fourth-order valence-corrected chi connectivity index (χ4v) is 5.26. The topological polar surface area (TPSA) is 63.7 Å². The number of rotatable bonds is 4. The Bertz CT molecular complexity index is 790. The van der Waals surface area contributed by atoms with Crippen LogP contribution in [0.2, 0.25) is 0 Å². The molecule has 0 radical (unpaired) electrons. The molecule has 0 atom stereocenters. The standard InChI is InChI=1S/C17H19NO4S2/c1-22-14-2-4-15(5-3-14)24(20,21)16-6-9-18(10-7-16)17(19)13-8-11-23-12-13/h2-5,8,11-12,16H,6-7,9-10H2,1H3. The van der Waals surface area contributed by atoms with Gasteiger partial charge in [-0.1, -0.05) is 0 Å². The number of methoxy groups -OCH3 is 1. The molecule has 0 spiro atoms. The van der Waals surface area contributed by atoms with Gasteiger partial charge in [-0.25, -0.2) is 8.42 Å². The van der Waals surface area contributed by atoms with Gasteiger partial charge >= 0.3 is 0 Å². The maximum atomic E-state index is 12.7. The molecule has 128 valence electrons. The second-order valence-corrected chi connectivity index (χ2v) is 8.73. The summed E-state index contributed by atoms with van der Waals surface area (Å²) >= 11 is 1.48. The fraction of sp³-hybridized carbons (Fsp3) is 0.353. The van der Waals surface area contributed by atoms with Crippen molar-refractivity contribution in [3.8, 4) is 5.75 Å². The van der Waals surface area contributed by atoms with Gasteiger partial charge in [0.05, 0.1) is 22.8 Å². The van der Waals surface area contributed by atoms with Crippen LogP contribution in [0.4, 0.5) is 0 Å². The third kappa shape index (κ3) is 3.32. The predicted molar refractivity (Wildman–Crippen MR) is 93.4 cm³/mol. The molecule has 24 heavy (non-hydrogen) atoms. The summed E-state index contributed by atoms with van der Waals surface area (Å²) in [5, 5.41) is 3.24. The van der Waals surface area contributed by atoms with E-state index in [0.717, 1.165) is 0 Å². The zero-order valence-corrected chi connectivity index (χ0v) is 15.0. The number of piperidine rings is 1. The lowest BCUT2D eigenvalue weighted by Gasteiger charge is -2.31. The van der Waals surface area contributed by atoms with Crippen LogP contribution in [-0.2, 0) is 9.84 Å². The van der Waals surface area contributed by atoms with Gasteiger partial charge in [-0.05, 0) is 48.6 Å². The summed E-state index contributed by atoms with van der Waals surface area (Å²) in [5.74, 6) is 0.613. The Morgan fingerprint density at radius 1 is 1.17 bits per heavy atom. The minimum atomic E-state index is -3.38. The van der Waals surface area contributed by atoms with E-state index < -0.39 is 15.1 Å². The minimum Gasteiger partial charge on any atom is -0.497 e. The smallest absolute Gasteiger partial charge is 0.254 e. The van der Waals surface area contributed by atoms with Crippen LogP contribution in [-0.4, -0.2) is 44.7 Å². The SMILES string of the molecule is COc1ccc(S(=O)(=O)C2CCN(C(=O)c3ccsc3)CC2)cc1. The normalized spacial score (nSPS) is 16.1. The Morgan fingerprint density at radius 3 is 2.38 bits per heavy atom. The number of hydrogen-bond donors (Lipinski definition) is 0. The first-order valence-corrected chi connectivity index (χ1v) is 10.2. The van der Waals surface area contributed by atoms with Crippen LogP contribution in [0.25, 0.3) is 0 Å². The van der Waals surface area contributed by atoms with Crippen molar-refractivity contribution >= 4 is 27.1 Å². The molecule has 7 heteroatoms. The number of nitrogens with zero attached hydrogens (tertiary/aromatic N) is 1. The Labute approximate surface area is 145 Å². The molecule has 1 aromatic carbocycles. The molecule has 1 saturated heterocycles. The number of benzene rings is 1. The molecular formula is C17H19NO4S2. The van der Waals surface area contributed by atoms with Crippen molar-refractivity contribution in [1.82, 2.24) is 4.90 Å². The number of carbonyl (C=O) groups excluding carboxylic acids is 1. The van der Waals surface area contributed by atoms with E-state index in [1.54, 1.807) is 42.3 Å². The van der Waals surface area contributed by atoms with Gasteiger partial charge in [-0.3, -0.25) is 4.79 Å². The van der Waals surface area contributed by atoms with Crippen LogP contribution < -0.4 is 4.74 Å². The number of carbonyl (C=O) groups is 1. The van der Waals surface area contributed by atoms with Crippen molar-refractivity contribution in [2.75, 3.05) is 20.2 Å². The summed E-state index contributed by atoms with van der Waals surface area (Å²) in [4.78, 5) is 14.4. The molecule has 2 aromatic rings. The van der Waals surface area contributed by atoms with Gasteiger partial charge in [0.1, 0.15) is 5.75 Å². The lowest BCUT2D eigenvalue weighted by Crippen LogP contribution is -2.42. The van der Waals surface area contributed by atoms with E-state index in [1.165, 1.54) is 11.3 Å². The van der Waals surface area contributed by atoms with E-state index in [0.29, 0.717) is 42.1 Å². The summed E-state index contributed by atoms with van der Waals surface area (Å²) in [6.07, 6.45) is 0.925. The van der Waals surface area contributed by atoms with Crippen molar-refractivity contribution in [3.05, 3.63) is 46.7 Å². The maximum Gasteiger partial charge on any atom is 0.254 e. The van der Waals surface area contributed by atoms with Crippen molar-refractivity contribution in [1.29, 1.82) is 0 Å². The molecule has 0 unspecified atom stereocenters. The lowest BCUT2D eigenvalue weighted by atomic mass is 10.1. The highest BCUT2D eigenvalue weighted by atomic mass is 32.2. The van der Waals surface area contributed by atoms with E-state index >= 15 is 0 Å².